The highest BCUT2D eigenvalue weighted by Gasteiger charge is 2.05. The Kier molecular flexibility index (Phi) is 3.87. The van der Waals surface area contributed by atoms with Gasteiger partial charge in [0.1, 0.15) is 0 Å². The van der Waals surface area contributed by atoms with E-state index >= 15 is 0 Å². The van der Waals surface area contributed by atoms with Crippen molar-refractivity contribution >= 4 is 11.9 Å². The van der Waals surface area contributed by atoms with E-state index in [4.69, 9.17) is 5.11 Å². The molecular formula is C14H12N2O3. The highest BCUT2D eigenvalue weighted by atomic mass is 16.4. The molecule has 0 aliphatic heterocycles. The molecule has 2 rings (SSSR count). The molecule has 19 heavy (non-hydrogen) atoms. The van der Waals surface area contributed by atoms with Crippen molar-refractivity contribution in [3.63, 3.8) is 0 Å². The van der Waals surface area contributed by atoms with E-state index in [9.17, 15) is 9.59 Å². The Morgan fingerprint density at radius 1 is 1.00 bits per heavy atom. The number of amides is 1. The number of aromatic nitrogens is 1. The fourth-order valence-corrected chi connectivity index (χ4v) is 1.55. The molecule has 0 atom stereocenters. The summed E-state index contributed by atoms with van der Waals surface area (Å²) in [6.45, 7) is 0.348. The van der Waals surface area contributed by atoms with Gasteiger partial charge in [0.15, 0.2) is 0 Å². The summed E-state index contributed by atoms with van der Waals surface area (Å²) in [4.78, 5) is 26.3. The Morgan fingerprint density at radius 3 is 2.21 bits per heavy atom. The van der Waals surface area contributed by atoms with Crippen LogP contribution in [0.1, 0.15) is 26.3 Å². The van der Waals surface area contributed by atoms with Gasteiger partial charge in [0, 0.05) is 24.5 Å². The van der Waals surface area contributed by atoms with E-state index in [2.05, 4.69) is 10.3 Å². The van der Waals surface area contributed by atoms with Crippen LogP contribution in [0.5, 0.6) is 0 Å². The summed E-state index contributed by atoms with van der Waals surface area (Å²) in [6.07, 6.45) is 3.10. The maximum Gasteiger partial charge on any atom is 0.335 e. The van der Waals surface area contributed by atoms with Crippen molar-refractivity contribution in [2.45, 2.75) is 6.54 Å². The van der Waals surface area contributed by atoms with Crippen LogP contribution in [-0.4, -0.2) is 22.0 Å². The molecule has 0 saturated carbocycles. The lowest BCUT2D eigenvalue weighted by Crippen LogP contribution is -2.22. The van der Waals surface area contributed by atoms with E-state index in [0.29, 0.717) is 12.1 Å². The zero-order chi connectivity index (χ0) is 13.7. The van der Waals surface area contributed by atoms with E-state index in [1.807, 2.05) is 0 Å². The van der Waals surface area contributed by atoms with E-state index in [1.165, 1.54) is 12.1 Å². The first-order chi connectivity index (χ1) is 9.16. The molecule has 5 nitrogen and oxygen atoms in total. The lowest BCUT2D eigenvalue weighted by Gasteiger charge is -2.05. The van der Waals surface area contributed by atoms with Crippen LogP contribution in [0.4, 0.5) is 0 Å². The van der Waals surface area contributed by atoms with E-state index in [0.717, 1.165) is 5.56 Å². The average Bonchev–Trinajstić information content (AvgIpc) is 2.46. The molecular weight excluding hydrogens is 244 g/mol. The van der Waals surface area contributed by atoms with E-state index in [1.54, 1.807) is 36.7 Å². The zero-order valence-corrected chi connectivity index (χ0v) is 10.0. The maximum atomic E-state index is 11.8. The second kappa shape index (κ2) is 5.77. The minimum Gasteiger partial charge on any atom is -0.478 e. The quantitative estimate of drug-likeness (QED) is 0.872. The predicted octanol–water partition coefficient (Wildman–Crippen LogP) is 1.71. The minimum absolute atomic E-state index is 0.190. The number of hydrogen-bond acceptors (Lipinski definition) is 3. The summed E-state index contributed by atoms with van der Waals surface area (Å²) in [5.41, 5.74) is 1.61. The Hall–Kier alpha value is -2.69. The lowest BCUT2D eigenvalue weighted by atomic mass is 10.1. The third-order valence-corrected chi connectivity index (χ3v) is 2.60. The van der Waals surface area contributed by atoms with Crippen molar-refractivity contribution in [2.24, 2.45) is 0 Å². The first-order valence-corrected chi connectivity index (χ1v) is 5.67. The number of carbonyl (C=O) groups is 2. The Morgan fingerprint density at radius 2 is 1.63 bits per heavy atom. The third kappa shape index (κ3) is 3.38. The molecule has 0 aliphatic rings. The highest BCUT2D eigenvalue weighted by molar-refractivity contribution is 5.93. The van der Waals surface area contributed by atoms with Crippen molar-refractivity contribution < 1.29 is 14.7 Å². The second-order valence-electron chi connectivity index (χ2n) is 3.92. The molecule has 0 unspecified atom stereocenters. The number of carboxylic acids is 1. The van der Waals surface area contributed by atoms with Crippen molar-refractivity contribution in [1.82, 2.24) is 10.3 Å². The number of benzene rings is 1. The van der Waals surface area contributed by atoms with Crippen LogP contribution in [0.25, 0.3) is 0 Å². The average molecular weight is 256 g/mol. The third-order valence-electron chi connectivity index (χ3n) is 2.60. The number of hydrogen-bond donors (Lipinski definition) is 2. The topological polar surface area (TPSA) is 79.3 Å². The molecule has 1 aromatic heterocycles. The van der Waals surface area contributed by atoms with Crippen molar-refractivity contribution in [3.8, 4) is 0 Å². The van der Waals surface area contributed by atoms with Gasteiger partial charge in [-0.05, 0) is 29.8 Å². The molecule has 0 fully saturated rings. The van der Waals surface area contributed by atoms with Gasteiger partial charge in [0.25, 0.3) is 5.91 Å². The maximum absolute atomic E-state index is 11.8. The second-order valence-corrected chi connectivity index (χ2v) is 3.92. The molecule has 1 aromatic carbocycles. The molecule has 96 valence electrons. The Bertz CT molecular complexity index is 579. The molecule has 1 amide bonds. The van der Waals surface area contributed by atoms with E-state index < -0.39 is 5.97 Å². The Balaban J connectivity index is 1.95. The lowest BCUT2D eigenvalue weighted by molar-refractivity contribution is 0.0696. The van der Waals surface area contributed by atoms with E-state index in [-0.39, 0.29) is 11.5 Å². The van der Waals surface area contributed by atoms with Crippen LogP contribution >= 0.6 is 0 Å². The summed E-state index contributed by atoms with van der Waals surface area (Å²) in [5, 5.41) is 11.5. The summed E-state index contributed by atoms with van der Waals surface area (Å²) in [6, 6.07) is 9.63. The van der Waals surface area contributed by atoms with Crippen molar-refractivity contribution in [1.29, 1.82) is 0 Å². The van der Waals surface area contributed by atoms with Gasteiger partial charge in [-0.15, -0.1) is 0 Å². The van der Waals surface area contributed by atoms with Crippen molar-refractivity contribution in [3.05, 3.63) is 65.5 Å². The van der Waals surface area contributed by atoms with Crippen LogP contribution in [-0.2, 0) is 6.54 Å². The molecule has 0 radical (unpaired) electrons. The van der Waals surface area contributed by atoms with Gasteiger partial charge in [0.05, 0.1) is 5.56 Å². The number of carbonyl (C=O) groups excluding carboxylic acids is 1. The summed E-state index contributed by atoms with van der Waals surface area (Å²) in [5.74, 6) is -1.16. The molecule has 0 saturated heterocycles. The van der Waals surface area contributed by atoms with Gasteiger partial charge >= 0.3 is 5.97 Å². The number of nitrogens with one attached hydrogen (secondary N) is 1. The zero-order valence-electron chi connectivity index (χ0n) is 10.0. The molecule has 2 aromatic rings. The molecule has 1 heterocycles. The summed E-state index contributed by atoms with van der Waals surface area (Å²) in [7, 11) is 0. The monoisotopic (exact) mass is 256 g/mol. The van der Waals surface area contributed by atoms with Crippen LogP contribution < -0.4 is 5.32 Å². The van der Waals surface area contributed by atoms with Gasteiger partial charge in [-0.25, -0.2) is 4.79 Å². The first-order valence-electron chi connectivity index (χ1n) is 5.67. The van der Waals surface area contributed by atoms with Gasteiger partial charge in [0.2, 0.25) is 0 Å². The fourth-order valence-electron chi connectivity index (χ4n) is 1.55. The minimum atomic E-state index is -0.965. The number of aromatic carboxylic acids is 1. The highest BCUT2D eigenvalue weighted by Crippen LogP contribution is 2.05. The van der Waals surface area contributed by atoms with Gasteiger partial charge < -0.3 is 10.4 Å². The van der Waals surface area contributed by atoms with Crippen LogP contribution in [0, 0.1) is 0 Å². The van der Waals surface area contributed by atoms with Gasteiger partial charge in [-0.1, -0.05) is 12.1 Å². The standard InChI is InChI=1S/C14H12N2O3/c17-13(11-5-7-15-8-6-11)16-9-10-1-3-12(4-2-10)14(18)19/h1-8H,9H2,(H,16,17)(H,18,19). The molecule has 5 heteroatoms. The fraction of sp³-hybridized carbons (Fsp3) is 0.0714. The van der Waals surface area contributed by atoms with Crippen LogP contribution in [0.2, 0.25) is 0 Å². The van der Waals surface area contributed by atoms with Crippen LogP contribution in [0.3, 0.4) is 0 Å². The molecule has 0 bridgehead atoms. The number of rotatable bonds is 4. The Labute approximate surface area is 109 Å². The first kappa shape index (κ1) is 12.8. The number of carboxylic acid groups (broad SMARTS) is 1. The largest absolute Gasteiger partial charge is 0.478 e. The number of nitrogens with zero attached hydrogens (tertiary/aromatic N) is 1. The summed E-state index contributed by atoms with van der Waals surface area (Å²) < 4.78 is 0. The van der Waals surface area contributed by atoms with Gasteiger partial charge in [-0.3, -0.25) is 9.78 Å². The predicted molar refractivity (Wildman–Crippen MR) is 68.8 cm³/mol. The number of pyridine rings is 1. The molecule has 2 N–H and O–H groups in total. The van der Waals surface area contributed by atoms with Crippen LogP contribution in [0.15, 0.2) is 48.8 Å². The SMILES string of the molecule is O=C(O)c1ccc(CNC(=O)c2ccncc2)cc1. The molecule has 0 aliphatic carbocycles. The van der Waals surface area contributed by atoms with Gasteiger partial charge in [-0.2, -0.15) is 0 Å². The molecule has 0 spiro atoms. The smallest absolute Gasteiger partial charge is 0.335 e. The van der Waals surface area contributed by atoms with Crippen molar-refractivity contribution in [2.75, 3.05) is 0 Å². The summed E-state index contributed by atoms with van der Waals surface area (Å²) >= 11 is 0. The normalized spacial score (nSPS) is 9.89.